The largest absolute Gasteiger partial charge is 0.309 e. The predicted octanol–water partition coefficient (Wildman–Crippen LogP) is 3.89. The van der Waals surface area contributed by atoms with Crippen LogP contribution in [-0.4, -0.2) is 11.5 Å². The zero-order chi connectivity index (χ0) is 13.7. The third kappa shape index (κ3) is 4.28. The van der Waals surface area contributed by atoms with Crippen molar-refractivity contribution in [2.75, 3.05) is 6.54 Å². The quantitative estimate of drug-likeness (QED) is 0.813. The minimum Gasteiger partial charge on any atom is -0.309 e. The van der Waals surface area contributed by atoms with Crippen molar-refractivity contribution in [2.24, 2.45) is 0 Å². The Balaban J connectivity index is 2.18. The van der Waals surface area contributed by atoms with Crippen LogP contribution in [0.3, 0.4) is 0 Å². The van der Waals surface area contributed by atoms with E-state index < -0.39 is 0 Å². The summed E-state index contributed by atoms with van der Waals surface area (Å²) in [6.07, 6.45) is 2.87. The van der Waals surface area contributed by atoms with Gasteiger partial charge in [-0.15, -0.1) is 0 Å². The number of likely N-dealkylation sites (N-methyl/N-ethyl adjacent to an activating group) is 1. The second-order valence-electron chi connectivity index (χ2n) is 4.70. The molecule has 0 fully saturated rings. The van der Waals surface area contributed by atoms with Crippen LogP contribution < -0.4 is 5.32 Å². The first kappa shape index (κ1) is 14.5. The number of benzene rings is 1. The fraction of sp³-hybridized carbons (Fsp3) is 0.312. The van der Waals surface area contributed by atoms with Crippen LogP contribution >= 0.6 is 22.6 Å². The predicted molar refractivity (Wildman–Crippen MR) is 88.3 cm³/mol. The van der Waals surface area contributed by atoms with Crippen molar-refractivity contribution < 1.29 is 0 Å². The van der Waals surface area contributed by atoms with Crippen LogP contribution in [0.1, 0.15) is 29.8 Å². The highest BCUT2D eigenvalue weighted by Gasteiger charge is 2.12. The first-order valence-corrected chi connectivity index (χ1v) is 7.67. The van der Waals surface area contributed by atoms with Crippen molar-refractivity contribution >= 4 is 22.6 Å². The lowest BCUT2D eigenvalue weighted by Gasteiger charge is -2.18. The van der Waals surface area contributed by atoms with Gasteiger partial charge in [-0.3, -0.25) is 4.98 Å². The minimum absolute atomic E-state index is 0.282. The van der Waals surface area contributed by atoms with Crippen LogP contribution in [0.5, 0.6) is 0 Å². The van der Waals surface area contributed by atoms with Crippen molar-refractivity contribution in [3.63, 3.8) is 0 Å². The van der Waals surface area contributed by atoms with Gasteiger partial charge in [0.1, 0.15) is 0 Å². The standard InChI is InChI=1S/C16H19IN2/c1-3-18-16(15-10-12(2)8-9-19-15)11-13-4-6-14(17)7-5-13/h4-10,16,18H,3,11H2,1-2H3. The van der Waals surface area contributed by atoms with Gasteiger partial charge in [-0.1, -0.05) is 19.1 Å². The number of aromatic nitrogens is 1. The maximum absolute atomic E-state index is 4.51. The second-order valence-corrected chi connectivity index (χ2v) is 5.94. The molecule has 100 valence electrons. The van der Waals surface area contributed by atoms with Crippen molar-refractivity contribution in [2.45, 2.75) is 26.3 Å². The summed E-state index contributed by atoms with van der Waals surface area (Å²) in [4.78, 5) is 4.51. The number of halogens is 1. The van der Waals surface area contributed by atoms with Gasteiger partial charge in [0.2, 0.25) is 0 Å². The molecule has 0 bridgehead atoms. The summed E-state index contributed by atoms with van der Waals surface area (Å²) in [5, 5.41) is 3.52. The number of nitrogens with one attached hydrogen (secondary N) is 1. The number of nitrogens with zero attached hydrogens (tertiary/aromatic N) is 1. The van der Waals surface area contributed by atoms with E-state index in [2.05, 4.69) is 77.1 Å². The Bertz CT molecular complexity index is 523. The summed E-state index contributed by atoms with van der Waals surface area (Å²) in [6, 6.07) is 13.2. The lowest BCUT2D eigenvalue weighted by Crippen LogP contribution is -2.24. The van der Waals surface area contributed by atoms with E-state index in [0.29, 0.717) is 0 Å². The van der Waals surface area contributed by atoms with E-state index in [-0.39, 0.29) is 6.04 Å². The van der Waals surface area contributed by atoms with Gasteiger partial charge in [0.15, 0.2) is 0 Å². The molecule has 1 unspecified atom stereocenters. The maximum Gasteiger partial charge on any atom is 0.0579 e. The first-order chi connectivity index (χ1) is 9.19. The molecule has 2 rings (SSSR count). The Morgan fingerprint density at radius 1 is 1.21 bits per heavy atom. The molecule has 1 atom stereocenters. The summed E-state index contributed by atoms with van der Waals surface area (Å²) in [5.74, 6) is 0. The molecule has 1 N–H and O–H groups in total. The monoisotopic (exact) mass is 366 g/mol. The summed E-state index contributed by atoms with van der Waals surface area (Å²) < 4.78 is 1.27. The molecule has 0 aliphatic rings. The lowest BCUT2D eigenvalue weighted by molar-refractivity contribution is 0.536. The van der Waals surface area contributed by atoms with E-state index in [9.17, 15) is 0 Å². The van der Waals surface area contributed by atoms with Gasteiger partial charge in [0.25, 0.3) is 0 Å². The van der Waals surface area contributed by atoms with E-state index in [1.54, 1.807) is 0 Å². The molecule has 0 saturated heterocycles. The molecular weight excluding hydrogens is 347 g/mol. The van der Waals surface area contributed by atoms with Gasteiger partial charge < -0.3 is 5.32 Å². The first-order valence-electron chi connectivity index (χ1n) is 6.59. The highest BCUT2D eigenvalue weighted by molar-refractivity contribution is 14.1. The smallest absolute Gasteiger partial charge is 0.0579 e. The van der Waals surface area contributed by atoms with Crippen molar-refractivity contribution in [1.29, 1.82) is 0 Å². The third-order valence-electron chi connectivity index (χ3n) is 3.10. The maximum atomic E-state index is 4.51. The van der Waals surface area contributed by atoms with Crippen LogP contribution in [0.15, 0.2) is 42.6 Å². The van der Waals surface area contributed by atoms with Crippen LogP contribution in [0.2, 0.25) is 0 Å². The van der Waals surface area contributed by atoms with Crippen molar-refractivity contribution in [3.05, 3.63) is 63.0 Å². The molecule has 0 saturated carbocycles. The van der Waals surface area contributed by atoms with E-state index >= 15 is 0 Å². The van der Waals surface area contributed by atoms with Crippen molar-refractivity contribution in [3.8, 4) is 0 Å². The SMILES string of the molecule is CCNC(Cc1ccc(I)cc1)c1cc(C)ccn1. The molecule has 1 aromatic heterocycles. The van der Waals surface area contributed by atoms with Crippen LogP contribution in [0.4, 0.5) is 0 Å². The number of pyridine rings is 1. The average molecular weight is 366 g/mol. The van der Waals surface area contributed by atoms with E-state index in [1.807, 2.05) is 12.3 Å². The molecule has 19 heavy (non-hydrogen) atoms. The third-order valence-corrected chi connectivity index (χ3v) is 3.82. The van der Waals surface area contributed by atoms with Gasteiger partial charge >= 0.3 is 0 Å². The second kappa shape index (κ2) is 7.01. The van der Waals surface area contributed by atoms with Crippen LogP contribution in [0.25, 0.3) is 0 Å². The Hall–Kier alpha value is -0.940. The molecule has 2 aromatic rings. The Morgan fingerprint density at radius 3 is 2.58 bits per heavy atom. The molecular formula is C16H19IN2. The molecule has 0 aliphatic carbocycles. The zero-order valence-electron chi connectivity index (χ0n) is 11.4. The number of hydrogen-bond acceptors (Lipinski definition) is 2. The number of rotatable bonds is 5. The number of aryl methyl sites for hydroxylation is 1. The molecule has 2 nitrogen and oxygen atoms in total. The molecule has 0 amide bonds. The molecule has 0 radical (unpaired) electrons. The minimum atomic E-state index is 0.282. The van der Waals surface area contributed by atoms with E-state index in [0.717, 1.165) is 18.7 Å². The van der Waals surface area contributed by atoms with E-state index in [4.69, 9.17) is 0 Å². The Kier molecular flexibility index (Phi) is 5.34. The highest BCUT2D eigenvalue weighted by atomic mass is 127. The Labute approximate surface area is 128 Å². The molecule has 1 aromatic carbocycles. The average Bonchev–Trinajstić information content (AvgIpc) is 2.41. The summed E-state index contributed by atoms with van der Waals surface area (Å²) >= 11 is 2.33. The van der Waals surface area contributed by atoms with Gasteiger partial charge in [0.05, 0.1) is 11.7 Å². The summed E-state index contributed by atoms with van der Waals surface area (Å²) in [6.45, 7) is 5.19. The van der Waals surface area contributed by atoms with E-state index in [1.165, 1.54) is 14.7 Å². The van der Waals surface area contributed by atoms with Crippen LogP contribution in [0, 0.1) is 10.5 Å². The Morgan fingerprint density at radius 2 is 1.95 bits per heavy atom. The molecule has 0 spiro atoms. The summed E-state index contributed by atoms with van der Waals surface area (Å²) in [5.41, 5.74) is 3.73. The summed E-state index contributed by atoms with van der Waals surface area (Å²) in [7, 11) is 0. The molecule has 3 heteroatoms. The molecule has 1 heterocycles. The number of hydrogen-bond donors (Lipinski definition) is 1. The fourth-order valence-corrected chi connectivity index (χ4v) is 2.49. The lowest BCUT2D eigenvalue weighted by atomic mass is 10.0. The van der Waals surface area contributed by atoms with Gasteiger partial charge in [-0.05, 0) is 77.9 Å². The molecule has 0 aliphatic heterocycles. The van der Waals surface area contributed by atoms with Gasteiger partial charge in [0, 0.05) is 9.77 Å². The fourth-order valence-electron chi connectivity index (χ4n) is 2.13. The van der Waals surface area contributed by atoms with Gasteiger partial charge in [-0.25, -0.2) is 0 Å². The zero-order valence-corrected chi connectivity index (χ0v) is 13.5. The topological polar surface area (TPSA) is 24.9 Å². The van der Waals surface area contributed by atoms with Gasteiger partial charge in [-0.2, -0.15) is 0 Å². The van der Waals surface area contributed by atoms with Crippen LogP contribution in [-0.2, 0) is 6.42 Å². The normalized spacial score (nSPS) is 12.4. The van der Waals surface area contributed by atoms with Crippen molar-refractivity contribution in [1.82, 2.24) is 10.3 Å². The highest BCUT2D eigenvalue weighted by Crippen LogP contribution is 2.18.